The zero-order chi connectivity index (χ0) is 8.28. The minimum Gasteiger partial charge on any atom is -0.0651 e. The Morgan fingerprint density at radius 2 is 2.00 bits per heavy atom. The van der Waals surface area contributed by atoms with Crippen molar-refractivity contribution in [3.63, 3.8) is 0 Å². The van der Waals surface area contributed by atoms with E-state index in [-0.39, 0.29) is 0 Å². The first-order valence-corrected chi connectivity index (χ1v) is 5.04. The Morgan fingerprint density at radius 3 is 2.27 bits per heavy atom. The summed E-state index contributed by atoms with van der Waals surface area (Å²) in [6, 6.07) is 0. The van der Waals surface area contributed by atoms with Crippen LogP contribution in [-0.4, -0.2) is 0 Å². The van der Waals surface area contributed by atoms with Crippen molar-refractivity contribution in [3.05, 3.63) is 0 Å². The predicted octanol–water partition coefficient (Wildman–Crippen LogP) is 3.47. The van der Waals surface area contributed by atoms with E-state index in [2.05, 4.69) is 27.7 Å². The third kappa shape index (κ3) is 0.761. The van der Waals surface area contributed by atoms with Crippen LogP contribution in [0.1, 0.15) is 47.0 Å². The van der Waals surface area contributed by atoms with Crippen LogP contribution < -0.4 is 0 Å². The molecule has 0 bridgehead atoms. The van der Waals surface area contributed by atoms with Crippen molar-refractivity contribution in [2.24, 2.45) is 22.7 Å². The van der Waals surface area contributed by atoms with E-state index in [0.717, 1.165) is 22.7 Å². The van der Waals surface area contributed by atoms with Gasteiger partial charge in [0.25, 0.3) is 0 Å². The maximum absolute atomic E-state index is 2.49. The second kappa shape index (κ2) is 1.84. The van der Waals surface area contributed by atoms with Gasteiger partial charge in [-0.25, -0.2) is 0 Å². The predicted molar refractivity (Wildman–Crippen MR) is 48.4 cm³/mol. The van der Waals surface area contributed by atoms with Crippen LogP contribution in [0.3, 0.4) is 0 Å². The Balaban J connectivity index is 1.89. The molecule has 4 atom stereocenters. The number of fused-ring (bicyclic) bond motifs is 1. The van der Waals surface area contributed by atoms with Gasteiger partial charge >= 0.3 is 0 Å². The molecule has 0 radical (unpaired) electrons. The van der Waals surface area contributed by atoms with Crippen molar-refractivity contribution in [3.8, 4) is 0 Å². The van der Waals surface area contributed by atoms with Gasteiger partial charge in [-0.05, 0) is 35.5 Å². The summed E-state index contributed by atoms with van der Waals surface area (Å²) in [6.45, 7) is 9.67. The van der Waals surface area contributed by atoms with Crippen LogP contribution >= 0.6 is 0 Å². The first-order chi connectivity index (χ1) is 5.04. The van der Waals surface area contributed by atoms with Gasteiger partial charge in [-0.3, -0.25) is 0 Å². The zero-order valence-electron chi connectivity index (χ0n) is 8.28. The van der Waals surface area contributed by atoms with Crippen molar-refractivity contribution < 1.29 is 0 Å². The van der Waals surface area contributed by atoms with Crippen LogP contribution in [0.4, 0.5) is 0 Å². The topological polar surface area (TPSA) is 0 Å². The second-order valence-electron chi connectivity index (χ2n) is 5.31. The van der Waals surface area contributed by atoms with E-state index in [1.54, 1.807) is 0 Å². The minimum absolute atomic E-state index is 0.766. The maximum Gasteiger partial charge on any atom is -0.0232 e. The van der Waals surface area contributed by atoms with Gasteiger partial charge < -0.3 is 0 Å². The summed E-state index contributed by atoms with van der Waals surface area (Å²) in [5.41, 5.74) is 1.57. The maximum atomic E-state index is 2.49. The molecular formula is C11H20. The Hall–Kier alpha value is 0. The zero-order valence-corrected chi connectivity index (χ0v) is 8.28. The van der Waals surface area contributed by atoms with Gasteiger partial charge in [-0.1, -0.05) is 34.1 Å². The van der Waals surface area contributed by atoms with Crippen molar-refractivity contribution in [2.45, 2.75) is 47.0 Å². The molecule has 0 aromatic carbocycles. The van der Waals surface area contributed by atoms with E-state index in [4.69, 9.17) is 0 Å². The molecule has 0 aromatic rings. The molecule has 2 aliphatic carbocycles. The number of rotatable bonds is 3. The van der Waals surface area contributed by atoms with Crippen molar-refractivity contribution in [2.75, 3.05) is 0 Å². The van der Waals surface area contributed by atoms with E-state index >= 15 is 0 Å². The molecule has 0 amide bonds. The minimum atomic E-state index is 0.766. The monoisotopic (exact) mass is 152 g/mol. The molecule has 2 aliphatic rings. The van der Waals surface area contributed by atoms with E-state index < -0.39 is 0 Å². The summed E-state index contributed by atoms with van der Waals surface area (Å²) < 4.78 is 0. The fourth-order valence-corrected chi connectivity index (χ4v) is 3.01. The fraction of sp³-hybridized carbons (Fsp3) is 1.00. The van der Waals surface area contributed by atoms with Crippen LogP contribution in [0.25, 0.3) is 0 Å². The summed E-state index contributed by atoms with van der Waals surface area (Å²) >= 11 is 0. The third-order valence-corrected chi connectivity index (χ3v) is 4.70. The molecule has 0 aromatic heterocycles. The first-order valence-electron chi connectivity index (χ1n) is 5.04. The molecule has 11 heavy (non-hydrogen) atoms. The molecule has 4 unspecified atom stereocenters. The third-order valence-electron chi connectivity index (χ3n) is 4.70. The van der Waals surface area contributed by atoms with Gasteiger partial charge in [0.15, 0.2) is 0 Å². The normalized spacial score (nSPS) is 55.1. The molecule has 0 nitrogen and oxygen atoms in total. The number of hydrogen-bond donors (Lipinski definition) is 0. The molecule has 0 aliphatic heterocycles. The molecule has 64 valence electrons. The largest absolute Gasteiger partial charge is 0.0651 e. The first kappa shape index (κ1) is 7.64. The Bertz CT molecular complexity index is 184. The van der Waals surface area contributed by atoms with Crippen molar-refractivity contribution >= 4 is 0 Å². The van der Waals surface area contributed by atoms with E-state index in [0.29, 0.717) is 0 Å². The summed E-state index contributed by atoms with van der Waals surface area (Å²) in [5.74, 6) is 2.06. The van der Waals surface area contributed by atoms with Gasteiger partial charge in [0.05, 0.1) is 0 Å². The van der Waals surface area contributed by atoms with Crippen LogP contribution in [0.15, 0.2) is 0 Å². The lowest BCUT2D eigenvalue weighted by molar-refractivity contribution is 0.264. The van der Waals surface area contributed by atoms with Crippen molar-refractivity contribution in [1.29, 1.82) is 0 Å². The van der Waals surface area contributed by atoms with Crippen molar-refractivity contribution in [1.82, 2.24) is 0 Å². The molecule has 0 heteroatoms. The molecule has 2 saturated carbocycles. The van der Waals surface area contributed by atoms with Crippen LogP contribution in [0.5, 0.6) is 0 Å². The summed E-state index contributed by atoms with van der Waals surface area (Å²) in [7, 11) is 0. The molecule has 2 rings (SSSR count). The van der Waals surface area contributed by atoms with Gasteiger partial charge in [0, 0.05) is 0 Å². The summed E-state index contributed by atoms with van der Waals surface area (Å²) in [5, 5.41) is 0. The number of hydrogen-bond acceptors (Lipinski definition) is 0. The van der Waals surface area contributed by atoms with E-state index in [9.17, 15) is 0 Å². The highest BCUT2D eigenvalue weighted by atomic mass is 14.9. The highest BCUT2D eigenvalue weighted by molar-refractivity contribution is 5.30. The standard InChI is InChI=1S/C11H20/c1-5-8(2)6-10(3)9-7-11(9,10)4/h8-9H,5-7H2,1-4H3. The lowest BCUT2D eigenvalue weighted by Crippen LogP contribution is -2.14. The van der Waals surface area contributed by atoms with Crippen LogP contribution in [-0.2, 0) is 0 Å². The SMILES string of the molecule is CCC(C)CC1(C)C2CC21C. The summed E-state index contributed by atoms with van der Waals surface area (Å²) in [4.78, 5) is 0. The lowest BCUT2D eigenvalue weighted by atomic mass is 9.81. The second-order valence-corrected chi connectivity index (χ2v) is 5.31. The quantitative estimate of drug-likeness (QED) is 0.581. The van der Waals surface area contributed by atoms with Gasteiger partial charge in [-0.2, -0.15) is 0 Å². The van der Waals surface area contributed by atoms with E-state index in [1.165, 1.54) is 19.3 Å². The molecule has 0 heterocycles. The lowest BCUT2D eigenvalue weighted by Gasteiger charge is -2.23. The molecular weight excluding hydrogens is 132 g/mol. The highest BCUT2D eigenvalue weighted by Crippen LogP contribution is 2.89. The molecule has 0 N–H and O–H groups in total. The van der Waals surface area contributed by atoms with Gasteiger partial charge in [0.2, 0.25) is 0 Å². The molecule has 0 spiro atoms. The van der Waals surface area contributed by atoms with Gasteiger partial charge in [-0.15, -0.1) is 0 Å². The Morgan fingerprint density at radius 1 is 1.45 bits per heavy atom. The van der Waals surface area contributed by atoms with Gasteiger partial charge in [0.1, 0.15) is 0 Å². The molecule has 0 saturated heterocycles. The smallest absolute Gasteiger partial charge is 0.0232 e. The highest BCUT2D eigenvalue weighted by Gasteiger charge is 2.82. The van der Waals surface area contributed by atoms with Crippen LogP contribution in [0.2, 0.25) is 0 Å². The summed E-state index contributed by atoms with van der Waals surface area (Å²) in [6.07, 6.45) is 4.36. The Kier molecular flexibility index (Phi) is 1.28. The average Bonchev–Trinajstić information content (AvgIpc) is 2.75. The molecule has 2 fully saturated rings. The average molecular weight is 152 g/mol. The van der Waals surface area contributed by atoms with Crippen LogP contribution in [0, 0.1) is 22.7 Å². The fourth-order valence-electron chi connectivity index (χ4n) is 3.01. The Labute approximate surface area is 70.4 Å². The van der Waals surface area contributed by atoms with E-state index in [1.807, 2.05) is 0 Å².